The maximum Gasteiger partial charge on any atom is 0.251 e. The molecule has 0 aliphatic heterocycles. The highest BCUT2D eigenvalue weighted by atomic mass is 16.2. The van der Waals surface area contributed by atoms with E-state index in [0.717, 1.165) is 16.7 Å². The largest absolute Gasteiger partial charge is 0.368 e. The first-order chi connectivity index (χ1) is 11.5. The second-order valence-electron chi connectivity index (χ2n) is 5.85. The molecule has 2 amide bonds. The highest BCUT2D eigenvalue weighted by molar-refractivity contribution is 5.97. The van der Waals surface area contributed by atoms with Crippen LogP contribution < -0.4 is 11.1 Å². The van der Waals surface area contributed by atoms with Crippen LogP contribution >= 0.6 is 0 Å². The van der Waals surface area contributed by atoms with E-state index in [4.69, 9.17) is 5.73 Å². The smallest absolute Gasteiger partial charge is 0.251 e. The molecule has 4 nitrogen and oxygen atoms in total. The van der Waals surface area contributed by atoms with Crippen molar-refractivity contribution in [2.24, 2.45) is 5.73 Å². The number of rotatable bonds is 6. The molecule has 0 spiro atoms. The van der Waals surface area contributed by atoms with Gasteiger partial charge in [0.2, 0.25) is 5.91 Å². The Bertz CT molecular complexity index is 731. The summed E-state index contributed by atoms with van der Waals surface area (Å²) in [6, 6.07) is 14.6. The Labute approximate surface area is 142 Å². The summed E-state index contributed by atoms with van der Waals surface area (Å²) in [5.74, 6) is -0.843. The zero-order chi connectivity index (χ0) is 17.5. The summed E-state index contributed by atoms with van der Waals surface area (Å²) >= 11 is 0. The van der Waals surface area contributed by atoms with Crippen molar-refractivity contribution in [2.75, 3.05) is 0 Å². The maximum atomic E-state index is 12.4. The van der Waals surface area contributed by atoms with Gasteiger partial charge in [0.05, 0.1) is 0 Å². The molecule has 124 valence electrons. The Morgan fingerprint density at radius 3 is 2.29 bits per heavy atom. The summed E-state index contributed by atoms with van der Waals surface area (Å²) in [5.41, 5.74) is 8.98. The van der Waals surface area contributed by atoms with Crippen molar-refractivity contribution in [2.45, 2.75) is 26.3 Å². The third kappa shape index (κ3) is 5.09. The molecule has 2 rings (SSSR count). The molecule has 0 aliphatic rings. The van der Waals surface area contributed by atoms with Gasteiger partial charge in [-0.05, 0) is 38.0 Å². The summed E-state index contributed by atoms with van der Waals surface area (Å²) in [6.07, 6.45) is 4.09. The van der Waals surface area contributed by atoms with Crippen LogP contribution in [0.5, 0.6) is 0 Å². The van der Waals surface area contributed by atoms with Gasteiger partial charge < -0.3 is 11.1 Å². The SMILES string of the molecule is Cc1cc(C)cc(C(=O)N[C@H](C/C=C/c2ccccc2)C(N)=O)c1. The lowest BCUT2D eigenvalue weighted by Crippen LogP contribution is -2.44. The fourth-order valence-corrected chi connectivity index (χ4v) is 2.50. The van der Waals surface area contributed by atoms with Gasteiger partial charge in [0.25, 0.3) is 5.91 Å². The Balaban J connectivity index is 2.04. The Morgan fingerprint density at radius 2 is 1.71 bits per heavy atom. The van der Waals surface area contributed by atoms with Crippen LogP contribution in [0.2, 0.25) is 0 Å². The van der Waals surface area contributed by atoms with Crippen LogP contribution in [0.1, 0.15) is 33.5 Å². The first-order valence-electron chi connectivity index (χ1n) is 7.86. The monoisotopic (exact) mass is 322 g/mol. The molecule has 0 aliphatic carbocycles. The molecule has 0 unspecified atom stereocenters. The molecule has 1 atom stereocenters. The van der Waals surface area contributed by atoms with Gasteiger partial charge in [0, 0.05) is 5.56 Å². The van der Waals surface area contributed by atoms with E-state index in [2.05, 4.69) is 5.32 Å². The fraction of sp³-hybridized carbons (Fsp3) is 0.200. The van der Waals surface area contributed by atoms with Crippen molar-refractivity contribution in [1.29, 1.82) is 0 Å². The van der Waals surface area contributed by atoms with E-state index in [1.807, 2.05) is 62.4 Å². The molecule has 0 saturated carbocycles. The summed E-state index contributed by atoms with van der Waals surface area (Å²) in [7, 11) is 0. The highest BCUT2D eigenvalue weighted by Gasteiger charge is 2.17. The summed E-state index contributed by atoms with van der Waals surface area (Å²) in [6.45, 7) is 3.86. The Hall–Kier alpha value is -2.88. The second-order valence-corrected chi connectivity index (χ2v) is 5.85. The second kappa shape index (κ2) is 8.11. The normalized spacial score (nSPS) is 12.1. The molecular formula is C20H22N2O2. The minimum atomic E-state index is -0.738. The van der Waals surface area contributed by atoms with Crippen LogP contribution in [0.3, 0.4) is 0 Å². The number of carbonyl (C=O) groups is 2. The first kappa shape index (κ1) is 17.5. The molecule has 2 aromatic rings. The number of aryl methyl sites for hydroxylation is 2. The number of carbonyl (C=O) groups excluding carboxylic acids is 2. The van der Waals surface area contributed by atoms with E-state index < -0.39 is 11.9 Å². The third-order valence-electron chi connectivity index (χ3n) is 3.61. The lowest BCUT2D eigenvalue weighted by molar-refractivity contribution is -0.119. The minimum absolute atomic E-state index is 0.293. The van der Waals surface area contributed by atoms with Gasteiger partial charge in [0.15, 0.2) is 0 Å². The van der Waals surface area contributed by atoms with Crippen LogP contribution in [0.25, 0.3) is 6.08 Å². The predicted octanol–water partition coefficient (Wildman–Crippen LogP) is 2.99. The van der Waals surface area contributed by atoms with E-state index in [-0.39, 0.29) is 5.91 Å². The zero-order valence-electron chi connectivity index (χ0n) is 14.0. The molecule has 0 heterocycles. The number of primary amides is 1. The van der Waals surface area contributed by atoms with Crippen LogP contribution in [-0.2, 0) is 4.79 Å². The lowest BCUT2D eigenvalue weighted by Gasteiger charge is -2.14. The molecule has 4 heteroatoms. The van der Waals surface area contributed by atoms with Crippen LogP contribution in [0.4, 0.5) is 0 Å². The number of amides is 2. The third-order valence-corrected chi connectivity index (χ3v) is 3.61. The standard InChI is InChI=1S/C20H22N2O2/c1-14-11-15(2)13-17(12-14)20(24)22-18(19(21)23)10-6-9-16-7-4-3-5-8-16/h3-9,11-13,18H,10H2,1-2H3,(H2,21,23)(H,22,24)/b9-6+/t18-/m1/s1. The van der Waals surface area contributed by atoms with Crippen molar-refractivity contribution < 1.29 is 9.59 Å². The van der Waals surface area contributed by atoms with Crippen molar-refractivity contribution in [3.63, 3.8) is 0 Å². The minimum Gasteiger partial charge on any atom is -0.368 e. The quantitative estimate of drug-likeness (QED) is 0.858. The maximum absolute atomic E-state index is 12.4. The van der Waals surface area contributed by atoms with Gasteiger partial charge in [-0.15, -0.1) is 0 Å². The zero-order valence-corrected chi connectivity index (χ0v) is 14.0. The van der Waals surface area contributed by atoms with Crippen LogP contribution in [0, 0.1) is 13.8 Å². The predicted molar refractivity (Wildman–Crippen MR) is 96.5 cm³/mol. The van der Waals surface area contributed by atoms with Crippen LogP contribution in [0.15, 0.2) is 54.6 Å². The number of hydrogen-bond donors (Lipinski definition) is 2. The number of hydrogen-bond acceptors (Lipinski definition) is 2. The van der Waals surface area contributed by atoms with E-state index in [1.54, 1.807) is 12.1 Å². The molecule has 3 N–H and O–H groups in total. The van der Waals surface area contributed by atoms with Gasteiger partial charge in [0.1, 0.15) is 6.04 Å². The van der Waals surface area contributed by atoms with E-state index in [1.165, 1.54) is 0 Å². The first-order valence-corrected chi connectivity index (χ1v) is 7.86. The average molecular weight is 322 g/mol. The molecule has 0 fully saturated rings. The van der Waals surface area contributed by atoms with E-state index in [0.29, 0.717) is 12.0 Å². The summed E-state index contributed by atoms with van der Waals surface area (Å²) in [4.78, 5) is 24.0. The molecule has 24 heavy (non-hydrogen) atoms. The lowest BCUT2D eigenvalue weighted by atomic mass is 10.1. The van der Waals surface area contributed by atoms with Crippen molar-refractivity contribution >= 4 is 17.9 Å². The van der Waals surface area contributed by atoms with Crippen molar-refractivity contribution in [1.82, 2.24) is 5.32 Å². The number of nitrogens with two attached hydrogens (primary N) is 1. The topological polar surface area (TPSA) is 72.2 Å². The average Bonchev–Trinajstić information content (AvgIpc) is 2.53. The fourth-order valence-electron chi connectivity index (χ4n) is 2.50. The highest BCUT2D eigenvalue weighted by Crippen LogP contribution is 2.10. The molecular weight excluding hydrogens is 300 g/mol. The van der Waals surface area contributed by atoms with E-state index in [9.17, 15) is 9.59 Å². The van der Waals surface area contributed by atoms with Crippen LogP contribution in [-0.4, -0.2) is 17.9 Å². The van der Waals surface area contributed by atoms with Crippen molar-refractivity contribution in [3.05, 3.63) is 76.9 Å². The molecule has 0 radical (unpaired) electrons. The van der Waals surface area contributed by atoms with Gasteiger partial charge in [-0.2, -0.15) is 0 Å². The van der Waals surface area contributed by atoms with Crippen molar-refractivity contribution in [3.8, 4) is 0 Å². The molecule has 0 bridgehead atoms. The van der Waals surface area contributed by atoms with Gasteiger partial charge in [-0.3, -0.25) is 9.59 Å². The summed E-state index contributed by atoms with van der Waals surface area (Å²) < 4.78 is 0. The Kier molecular flexibility index (Phi) is 5.90. The van der Waals surface area contributed by atoms with E-state index >= 15 is 0 Å². The number of nitrogens with one attached hydrogen (secondary N) is 1. The molecule has 2 aromatic carbocycles. The molecule has 0 saturated heterocycles. The van der Waals surface area contributed by atoms with Gasteiger partial charge in [-0.1, -0.05) is 59.7 Å². The van der Waals surface area contributed by atoms with Gasteiger partial charge >= 0.3 is 0 Å². The Morgan fingerprint density at radius 1 is 1.08 bits per heavy atom. The van der Waals surface area contributed by atoms with Gasteiger partial charge in [-0.25, -0.2) is 0 Å². The molecule has 0 aromatic heterocycles. The number of benzene rings is 2. The summed E-state index contributed by atoms with van der Waals surface area (Å²) in [5, 5.41) is 2.71.